The number of carboxylic acids is 1. The molecular weight excluding hydrogens is 226 g/mol. The monoisotopic (exact) mass is 241 g/mol. The maximum atomic E-state index is 10.7. The van der Waals surface area contributed by atoms with Gasteiger partial charge in [0, 0.05) is 11.9 Å². The second-order valence-electron chi connectivity index (χ2n) is 4.10. The molecule has 88 valence electrons. The van der Waals surface area contributed by atoms with Crippen LogP contribution in [0.15, 0.2) is 23.4 Å². The number of hydrogen-bond donors (Lipinski definition) is 2. The summed E-state index contributed by atoms with van der Waals surface area (Å²) in [5.74, 6) is -0.244. The molecule has 0 saturated heterocycles. The third-order valence-electron chi connectivity index (χ3n) is 1.95. The first kappa shape index (κ1) is 13.0. The third kappa shape index (κ3) is 4.63. The minimum absolute atomic E-state index is 0.237. The lowest BCUT2D eigenvalue weighted by atomic mass is 10.1. The lowest BCUT2D eigenvalue weighted by Crippen LogP contribution is -2.19. The Hall–Kier alpha value is -1.07. The van der Waals surface area contributed by atoms with Crippen LogP contribution in [0, 0.1) is 0 Å². The molecule has 0 aromatic carbocycles. The van der Waals surface area contributed by atoms with Crippen molar-refractivity contribution in [3.63, 3.8) is 0 Å². The first-order chi connectivity index (χ1) is 7.38. The zero-order valence-corrected chi connectivity index (χ0v) is 10.1. The van der Waals surface area contributed by atoms with E-state index in [1.807, 2.05) is 0 Å². The Labute approximate surface area is 98.7 Å². The number of rotatable bonds is 5. The van der Waals surface area contributed by atoms with Crippen LogP contribution in [0.2, 0.25) is 0 Å². The van der Waals surface area contributed by atoms with Crippen molar-refractivity contribution in [1.82, 2.24) is 4.98 Å². The molecule has 2 N–H and O–H groups in total. The molecule has 0 aliphatic rings. The summed E-state index contributed by atoms with van der Waals surface area (Å²) in [6, 6.07) is 3.00. The molecule has 1 aromatic heterocycles. The molecule has 1 heterocycles. The zero-order chi connectivity index (χ0) is 12.2. The maximum Gasteiger partial charge on any atom is 0.335 e. The largest absolute Gasteiger partial charge is 0.478 e. The van der Waals surface area contributed by atoms with Gasteiger partial charge < -0.3 is 10.2 Å². The minimum atomic E-state index is -0.952. The lowest BCUT2D eigenvalue weighted by Gasteiger charge is -2.15. The normalized spacial score (nSPS) is 11.4. The summed E-state index contributed by atoms with van der Waals surface area (Å²) in [4.78, 5) is 14.8. The molecule has 0 aliphatic heterocycles. The maximum absolute atomic E-state index is 10.7. The number of aromatic carboxylic acids is 1. The first-order valence-corrected chi connectivity index (χ1v) is 5.91. The van der Waals surface area contributed by atoms with E-state index in [2.05, 4.69) is 4.98 Å². The highest BCUT2D eigenvalue weighted by molar-refractivity contribution is 7.99. The van der Waals surface area contributed by atoms with Crippen molar-refractivity contribution in [2.24, 2.45) is 0 Å². The second-order valence-corrected chi connectivity index (χ2v) is 5.21. The topological polar surface area (TPSA) is 70.4 Å². The van der Waals surface area contributed by atoms with Crippen molar-refractivity contribution in [3.05, 3.63) is 23.9 Å². The predicted molar refractivity (Wildman–Crippen MR) is 62.8 cm³/mol. The van der Waals surface area contributed by atoms with Crippen molar-refractivity contribution in [2.75, 3.05) is 5.75 Å². The minimum Gasteiger partial charge on any atom is -0.478 e. The Balaban J connectivity index is 2.55. The second kappa shape index (κ2) is 5.32. The van der Waals surface area contributed by atoms with Crippen LogP contribution in [-0.2, 0) is 0 Å². The molecular formula is C11H15NO3S. The summed E-state index contributed by atoms with van der Waals surface area (Å²) in [6.45, 7) is 3.49. The molecule has 0 amide bonds. The quantitative estimate of drug-likeness (QED) is 0.772. The van der Waals surface area contributed by atoms with Gasteiger partial charge in [-0.2, -0.15) is 0 Å². The van der Waals surface area contributed by atoms with E-state index in [4.69, 9.17) is 5.11 Å². The fourth-order valence-electron chi connectivity index (χ4n) is 1.03. The van der Waals surface area contributed by atoms with Crippen molar-refractivity contribution in [3.8, 4) is 0 Å². The molecule has 5 heteroatoms. The number of aromatic nitrogens is 1. The molecule has 1 rings (SSSR count). The fraction of sp³-hybridized carbons (Fsp3) is 0.455. The van der Waals surface area contributed by atoms with Gasteiger partial charge in [-0.25, -0.2) is 9.78 Å². The molecule has 0 saturated carbocycles. The molecule has 0 radical (unpaired) electrons. The molecule has 0 aliphatic carbocycles. The molecule has 0 bridgehead atoms. The van der Waals surface area contributed by atoms with E-state index in [9.17, 15) is 9.90 Å². The molecule has 0 spiro atoms. The number of aliphatic hydroxyl groups is 1. The predicted octanol–water partition coefficient (Wildman–Crippen LogP) is 2.03. The molecule has 4 nitrogen and oxygen atoms in total. The Kier molecular flexibility index (Phi) is 4.32. The van der Waals surface area contributed by atoms with Crippen LogP contribution in [0.3, 0.4) is 0 Å². The van der Waals surface area contributed by atoms with Crippen LogP contribution in [0.1, 0.15) is 30.6 Å². The summed E-state index contributed by atoms with van der Waals surface area (Å²) in [5.41, 5.74) is -0.460. The highest BCUT2D eigenvalue weighted by Crippen LogP contribution is 2.20. The van der Waals surface area contributed by atoms with Gasteiger partial charge in [-0.3, -0.25) is 0 Å². The van der Waals surface area contributed by atoms with Gasteiger partial charge in [0.05, 0.1) is 16.2 Å². The number of carbonyl (C=O) groups is 1. The average molecular weight is 241 g/mol. The lowest BCUT2D eigenvalue weighted by molar-refractivity contribution is 0.0695. The SMILES string of the molecule is CC(C)(O)CCSc1cc(C(=O)O)ccn1. The van der Waals surface area contributed by atoms with E-state index >= 15 is 0 Å². The van der Waals surface area contributed by atoms with Crippen molar-refractivity contribution in [2.45, 2.75) is 30.9 Å². The van der Waals surface area contributed by atoms with Crippen molar-refractivity contribution >= 4 is 17.7 Å². The van der Waals surface area contributed by atoms with Gasteiger partial charge in [0.15, 0.2) is 0 Å². The van der Waals surface area contributed by atoms with Gasteiger partial charge in [0.2, 0.25) is 0 Å². The summed E-state index contributed by atoms with van der Waals surface area (Å²) in [7, 11) is 0. The van der Waals surface area contributed by atoms with Gasteiger partial charge in [-0.1, -0.05) is 0 Å². The van der Waals surface area contributed by atoms with E-state index < -0.39 is 11.6 Å². The van der Waals surface area contributed by atoms with Crippen LogP contribution in [0.5, 0.6) is 0 Å². The number of thioether (sulfide) groups is 1. The number of pyridine rings is 1. The smallest absolute Gasteiger partial charge is 0.335 e. The van der Waals surface area contributed by atoms with Gasteiger partial charge in [0.25, 0.3) is 0 Å². The van der Waals surface area contributed by atoms with Crippen molar-refractivity contribution in [1.29, 1.82) is 0 Å². The standard InChI is InChI=1S/C11H15NO3S/c1-11(2,15)4-6-16-9-7-8(10(13)14)3-5-12-9/h3,5,7,15H,4,6H2,1-2H3,(H,13,14). The molecule has 0 fully saturated rings. The Morgan fingerprint density at radius 2 is 2.25 bits per heavy atom. The van der Waals surface area contributed by atoms with Gasteiger partial charge in [0.1, 0.15) is 0 Å². The average Bonchev–Trinajstić information content (AvgIpc) is 2.16. The Morgan fingerprint density at radius 1 is 1.56 bits per heavy atom. The number of hydrogen-bond acceptors (Lipinski definition) is 4. The van der Waals surface area contributed by atoms with Crippen LogP contribution in [0.4, 0.5) is 0 Å². The molecule has 16 heavy (non-hydrogen) atoms. The highest BCUT2D eigenvalue weighted by atomic mass is 32.2. The van der Waals surface area contributed by atoms with E-state index in [0.717, 1.165) is 0 Å². The third-order valence-corrected chi connectivity index (χ3v) is 2.87. The highest BCUT2D eigenvalue weighted by Gasteiger charge is 2.12. The molecule has 1 aromatic rings. The van der Waals surface area contributed by atoms with E-state index in [1.54, 1.807) is 13.8 Å². The summed E-state index contributed by atoms with van der Waals surface area (Å²) < 4.78 is 0. The van der Waals surface area contributed by atoms with E-state index in [-0.39, 0.29) is 5.56 Å². The van der Waals surface area contributed by atoms with Crippen LogP contribution >= 0.6 is 11.8 Å². The zero-order valence-electron chi connectivity index (χ0n) is 9.30. The molecule has 0 unspecified atom stereocenters. The van der Waals surface area contributed by atoms with Crippen LogP contribution in [0.25, 0.3) is 0 Å². The summed E-state index contributed by atoms with van der Waals surface area (Å²) in [6.07, 6.45) is 2.12. The van der Waals surface area contributed by atoms with Crippen LogP contribution in [-0.4, -0.2) is 32.5 Å². The molecule has 0 atom stereocenters. The van der Waals surface area contributed by atoms with E-state index in [0.29, 0.717) is 17.2 Å². The fourth-order valence-corrected chi connectivity index (χ4v) is 2.18. The van der Waals surface area contributed by atoms with Gasteiger partial charge in [-0.05, 0) is 32.4 Å². The number of nitrogens with zero attached hydrogens (tertiary/aromatic N) is 1. The van der Waals surface area contributed by atoms with Gasteiger partial charge in [-0.15, -0.1) is 11.8 Å². The summed E-state index contributed by atoms with van der Waals surface area (Å²) in [5, 5.41) is 19.0. The first-order valence-electron chi connectivity index (χ1n) is 4.93. The van der Waals surface area contributed by atoms with Gasteiger partial charge >= 0.3 is 5.97 Å². The Morgan fingerprint density at radius 3 is 2.81 bits per heavy atom. The number of carboxylic acid groups (broad SMARTS) is 1. The Bertz CT molecular complexity index is 374. The van der Waals surface area contributed by atoms with Crippen molar-refractivity contribution < 1.29 is 15.0 Å². The van der Waals surface area contributed by atoms with E-state index in [1.165, 1.54) is 30.1 Å². The van der Waals surface area contributed by atoms with Crippen LogP contribution < -0.4 is 0 Å². The summed E-state index contributed by atoms with van der Waals surface area (Å²) >= 11 is 1.44.